The lowest BCUT2D eigenvalue weighted by Crippen LogP contribution is -2.14. The highest BCUT2D eigenvalue weighted by molar-refractivity contribution is 5.67. The molecule has 0 aromatic carbocycles. The van der Waals surface area contributed by atoms with Crippen molar-refractivity contribution in [1.82, 2.24) is 0 Å². The van der Waals surface area contributed by atoms with Crippen LogP contribution in [-0.4, -0.2) is 75.6 Å². The number of rotatable bonds is 13. The Bertz CT molecular complexity index is 174. The molecule has 0 saturated carbocycles. The van der Waals surface area contributed by atoms with Gasteiger partial charge in [-0.05, 0) is 0 Å². The van der Waals surface area contributed by atoms with Gasteiger partial charge >= 0.3 is 5.97 Å². The Morgan fingerprint density at radius 3 is 1.59 bits per heavy atom. The number of carbonyl (C=O) groups is 1. The quantitative estimate of drug-likeness (QED) is 0.411. The molecule has 0 radical (unpaired) electrons. The summed E-state index contributed by atoms with van der Waals surface area (Å²) in [5.41, 5.74) is 0. The third-order valence-electron chi connectivity index (χ3n) is 1.58. The van der Waals surface area contributed by atoms with Crippen LogP contribution in [0.3, 0.4) is 0 Å². The first-order chi connectivity index (χ1) is 8.27. The molecule has 0 spiro atoms. The number of ether oxygens (including phenoxy) is 4. The van der Waals surface area contributed by atoms with Crippen LogP contribution in [0.4, 0.5) is 0 Å². The lowest BCUT2D eigenvalue weighted by atomic mass is 10.7. The molecule has 0 fully saturated rings. The van der Waals surface area contributed by atoms with Gasteiger partial charge < -0.3 is 29.2 Å². The van der Waals surface area contributed by atoms with E-state index in [0.717, 1.165) is 0 Å². The highest BCUT2D eigenvalue weighted by Crippen LogP contribution is 1.82. The summed E-state index contributed by atoms with van der Waals surface area (Å²) in [5.74, 6) is -0.990. The molecule has 0 aliphatic carbocycles. The second kappa shape index (κ2) is 13.3. The Kier molecular flexibility index (Phi) is 12.8. The molecule has 0 aromatic heterocycles. The zero-order valence-corrected chi connectivity index (χ0v) is 9.80. The first-order valence-electron chi connectivity index (χ1n) is 5.41. The number of hydrogen-bond donors (Lipinski definition) is 2. The second-order valence-corrected chi connectivity index (χ2v) is 3.01. The third kappa shape index (κ3) is 15.3. The average Bonchev–Trinajstić information content (AvgIpc) is 2.30. The number of aliphatic carboxylic acids is 1. The molecule has 0 heterocycles. The molecule has 7 nitrogen and oxygen atoms in total. The minimum Gasteiger partial charge on any atom is -0.480 e. The van der Waals surface area contributed by atoms with E-state index in [1.807, 2.05) is 0 Å². The smallest absolute Gasteiger partial charge is 0.329 e. The SMILES string of the molecule is O=C(O)COCCOCCOCCOCCO. The fourth-order valence-corrected chi connectivity index (χ4v) is 0.884. The summed E-state index contributed by atoms with van der Waals surface area (Å²) in [6, 6.07) is 0. The van der Waals surface area contributed by atoms with Gasteiger partial charge in [-0.1, -0.05) is 0 Å². The summed E-state index contributed by atoms with van der Waals surface area (Å²) in [4.78, 5) is 10.1. The van der Waals surface area contributed by atoms with Gasteiger partial charge in [-0.15, -0.1) is 0 Å². The van der Waals surface area contributed by atoms with E-state index < -0.39 is 5.97 Å². The fourth-order valence-electron chi connectivity index (χ4n) is 0.884. The number of carboxylic acids is 1. The fraction of sp³-hybridized carbons (Fsp3) is 0.900. The van der Waals surface area contributed by atoms with Gasteiger partial charge in [0, 0.05) is 0 Å². The van der Waals surface area contributed by atoms with Crippen LogP contribution in [0.25, 0.3) is 0 Å². The van der Waals surface area contributed by atoms with E-state index in [2.05, 4.69) is 0 Å². The highest BCUT2D eigenvalue weighted by atomic mass is 16.6. The Morgan fingerprint density at radius 1 is 0.765 bits per heavy atom. The predicted octanol–water partition coefficient (Wildman–Crippen LogP) is -0.870. The van der Waals surface area contributed by atoms with Crippen molar-refractivity contribution in [2.45, 2.75) is 0 Å². The molecule has 102 valence electrons. The highest BCUT2D eigenvalue weighted by Gasteiger charge is 1.95. The van der Waals surface area contributed by atoms with Crippen molar-refractivity contribution in [3.05, 3.63) is 0 Å². The molecule has 0 unspecified atom stereocenters. The molecular formula is C10H20O7. The zero-order chi connectivity index (χ0) is 12.8. The zero-order valence-electron chi connectivity index (χ0n) is 9.80. The van der Waals surface area contributed by atoms with Crippen molar-refractivity contribution in [2.24, 2.45) is 0 Å². The van der Waals surface area contributed by atoms with E-state index in [-0.39, 0.29) is 19.8 Å². The molecule has 0 bridgehead atoms. The van der Waals surface area contributed by atoms with Crippen molar-refractivity contribution < 1.29 is 34.0 Å². The van der Waals surface area contributed by atoms with Crippen LogP contribution in [0.15, 0.2) is 0 Å². The van der Waals surface area contributed by atoms with Gasteiger partial charge in [-0.25, -0.2) is 4.79 Å². The van der Waals surface area contributed by atoms with Crippen LogP contribution in [0, 0.1) is 0 Å². The lowest BCUT2D eigenvalue weighted by molar-refractivity contribution is -0.142. The van der Waals surface area contributed by atoms with Crippen molar-refractivity contribution in [1.29, 1.82) is 0 Å². The normalized spacial score (nSPS) is 10.6. The third-order valence-corrected chi connectivity index (χ3v) is 1.58. The van der Waals surface area contributed by atoms with Crippen LogP contribution in [0.1, 0.15) is 0 Å². The Hall–Kier alpha value is -0.730. The minimum absolute atomic E-state index is 0.0133. The molecular weight excluding hydrogens is 232 g/mol. The van der Waals surface area contributed by atoms with Gasteiger partial charge in [0.25, 0.3) is 0 Å². The summed E-state index contributed by atoms with van der Waals surface area (Å²) in [7, 11) is 0. The molecule has 0 rings (SSSR count). The standard InChI is InChI=1S/C10H20O7/c11-1-2-14-3-4-15-5-6-16-7-8-17-9-10(12)13/h11H,1-9H2,(H,12,13). The van der Waals surface area contributed by atoms with Crippen LogP contribution < -0.4 is 0 Å². The first-order valence-corrected chi connectivity index (χ1v) is 5.41. The molecule has 2 N–H and O–H groups in total. The van der Waals surface area contributed by atoms with Crippen LogP contribution in [-0.2, 0) is 23.7 Å². The van der Waals surface area contributed by atoms with Crippen LogP contribution in [0.5, 0.6) is 0 Å². The molecule has 0 aromatic rings. The maximum absolute atomic E-state index is 10.1. The maximum Gasteiger partial charge on any atom is 0.329 e. The molecule has 17 heavy (non-hydrogen) atoms. The van der Waals surface area contributed by atoms with Gasteiger partial charge in [0.15, 0.2) is 0 Å². The number of hydrogen-bond acceptors (Lipinski definition) is 6. The molecule has 0 aliphatic heterocycles. The van der Waals surface area contributed by atoms with Crippen molar-refractivity contribution in [3.63, 3.8) is 0 Å². The molecule has 0 saturated heterocycles. The Balaban J connectivity index is 2.91. The molecule has 7 heteroatoms. The van der Waals surface area contributed by atoms with E-state index in [4.69, 9.17) is 29.2 Å². The second-order valence-electron chi connectivity index (χ2n) is 3.01. The Labute approximate surface area is 100 Å². The van der Waals surface area contributed by atoms with Gasteiger partial charge in [0.2, 0.25) is 0 Å². The van der Waals surface area contributed by atoms with Crippen molar-refractivity contribution in [3.8, 4) is 0 Å². The van der Waals surface area contributed by atoms with Gasteiger partial charge in [0.05, 0.1) is 52.9 Å². The van der Waals surface area contributed by atoms with E-state index in [1.54, 1.807) is 0 Å². The first kappa shape index (κ1) is 16.3. The van der Waals surface area contributed by atoms with Gasteiger partial charge in [-0.2, -0.15) is 0 Å². The summed E-state index contributed by atoms with van der Waals surface area (Å²) < 4.78 is 20.0. The topological polar surface area (TPSA) is 94.5 Å². The van der Waals surface area contributed by atoms with E-state index >= 15 is 0 Å². The predicted molar refractivity (Wildman–Crippen MR) is 58.0 cm³/mol. The molecule has 0 atom stereocenters. The summed E-state index contributed by atoms with van der Waals surface area (Å²) >= 11 is 0. The van der Waals surface area contributed by atoms with Crippen molar-refractivity contribution in [2.75, 3.05) is 59.5 Å². The van der Waals surface area contributed by atoms with E-state index in [0.29, 0.717) is 39.6 Å². The van der Waals surface area contributed by atoms with Crippen LogP contribution >= 0.6 is 0 Å². The molecule has 0 aliphatic rings. The molecule has 0 amide bonds. The number of aliphatic hydroxyl groups excluding tert-OH is 1. The Morgan fingerprint density at radius 2 is 1.18 bits per heavy atom. The average molecular weight is 252 g/mol. The summed E-state index contributed by atoms with van der Waals surface area (Å²) in [6.45, 7) is 2.41. The van der Waals surface area contributed by atoms with E-state index in [9.17, 15) is 4.79 Å². The largest absolute Gasteiger partial charge is 0.480 e. The van der Waals surface area contributed by atoms with Gasteiger partial charge in [0.1, 0.15) is 6.61 Å². The number of carboxylic acid groups (broad SMARTS) is 1. The lowest BCUT2D eigenvalue weighted by Gasteiger charge is -2.06. The van der Waals surface area contributed by atoms with Crippen LogP contribution in [0.2, 0.25) is 0 Å². The minimum atomic E-state index is -0.990. The number of aliphatic hydroxyl groups is 1. The summed E-state index contributed by atoms with van der Waals surface area (Å²) in [5, 5.41) is 16.7. The van der Waals surface area contributed by atoms with E-state index in [1.165, 1.54) is 0 Å². The van der Waals surface area contributed by atoms with Gasteiger partial charge in [-0.3, -0.25) is 0 Å². The summed E-state index contributed by atoms with van der Waals surface area (Å²) in [6.07, 6.45) is 0. The van der Waals surface area contributed by atoms with Crippen molar-refractivity contribution >= 4 is 5.97 Å². The maximum atomic E-state index is 10.1. The monoisotopic (exact) mass is 252 g/mol.